The van der Waals surface area contributed by atoms with Crippen LogP contribution in [0.2, 0.25) is 5.02 Å². The van der Waals surface area contributed by atoms with E-state index in [-0.39, 0.29) is 0 Å². The molecule has 0 spiro atoms. The van der Waals surface area contributed by atoms with Crippen molar-refractivity contribution in [2.24, 2.45) is 0 Å². The van der Waals surface area contributed by atoms with E-state index in [1.165, 1.54) is 5.56 Å². The van der Waals surface area contributed by atoms with Crippen LogP contribution in [0.25, 0.3) is 0 Å². The Balaban J connectivity index is 2.39. The number of methoxy groups -OCH3 is 1. The van der Waals surface area contributed by atoms with Crippen LogP contribution in [0.4, 0.5) is 0 Å². The molecule has 90 valence electrons. The summed E-state index contributed by atoms with van der Waals surface area (Å²) in [7, 11) is 1.71. The highest BCUT2D eigenvalue weighted by Gasteiger charge is 2.03. The minimum Gasteiger partial charge on any atom is -0.383 e. The lowest BCUT2D eigenvalue weighted by Gasteiger charge is -2.13. The average Bonchev–Trinajstić information content (AvgIpc) is 2.23. The van der Waals surface area contributed by atoms with E-state index in [1.54, 1.807) is 7.11 Å². The lowest BCUT2D eigenvalue weighted by molar-refractivity contribution is 0.172. The van der Waals surface area contributed by atoms with E-state index in [0.29, 0.717) is 6.04 Å². The van der Waals surface area contributed by atoms with Gasteiger partial charge >= 0.3 is 0 Å². The van der Waals surface area contributed by atoms with E-state index >= 15 is 0 Å². The first kappa shape index (κ1) is 14.0. The molecule has 0 fully saturated rings. The molecule has 1 unspecified atom stereocenters. The number of nitrogens with one attached hydrogen (secondary N) is 1. The van der Waals surface area contributed by atoms with Gasteiger partial charge in [-0.1, -0.05) is 27.5 Å². The van der Waals surface area contributed by atoms with Crippen molar-refractivity contribution >= 4 is 27.5 Å². The maximum atomic E-state index is 5.95. The summed E-state index contributed by atoms with van der Waals surface area (Å²) in [5, 5.41) is 4.17. The van der Waals surface area contributed by atoms with Crippen LogP contribution in [0.3, 0.4) is 0 Å². The lowest BCUT2D eigenvalue weighted by Crippen LogP contribution is -2.31. The Morgan fingerprint density at radius 2 is 2.25 bits per heavy atom. The zero-order chi connectivity index (χ0) is 12.0. The second-order valence-corrected chi connectivity index (χ2v) is 5.09. The van der Waals surface area contributed by atoms with Crippen molar-refractivity contribution in [3.63, 3.8) is 0 Å². The average molecular weight is 307 g/mol. The Kier molecular flexibility index (Phi) is 6.36. The summed E-state index contributed by atoms with van der Waals surface area (Å²) in [6.45, 7) is 3.76. The molecule has 0 amide bonds. The molecule has 1 atom stereocenters. The van der Waals surface area contributed by atoms with Crippen LogP contribution in [0, 0.1) is 0 Å². The van der Waals surface area contributed by atoms with Gasteiger partial charge in [0.2, 0.25) is 0 Å². The lowest BCUT2D eigenvalue weighted by atomic mass is 10.1. The summed E-state index contributed by atoms with van der Waals surface area (Å²) in [4.78, 5) is 0. The summed E-state index contributed by atoms with van der Waals surface area (Å²) >= 11 is 9.46. The van der Waals surface area contributed by atoms with Gasteiger partial charge in [-0.2, -0.15) is 0 Å². The van der Waals surface area contributed by atoms with Gasteiger partial charge in [0.15, 0.2) is 0 Å². The molecule has 1 aromatic rings. The van der Waals surface area contributed by atoms with Crippen LogP contribution in [0.1, 0.15) is 12.5 Å². The zero-order valence-corrected chi connectivity index (χ0v) is 11.9. The molecule has 0 saturated carbocycles. The zero-order valence-electron chi connectivity index (χ0n) is 9.59. The molecule has 0 heterocycles. The van der Waals surface area contributed by atoms with Crippen molar-refractivity contribution in [1.29, 1.82) is 0 Å². The number of rotatable bonds is 6. The minimum absolute atomic E-state index is 0.378. The van der Waals surface area contributed by atoms with E-state index in [1.807, 2.05) is 18.2 Å². The molecule has 1 rings (SSSR count). The standard InChI is InChI=1S/C12H17BrClNO/c1-9(8-16-2)15-6-5-10-7-11(14)3-4-12(10)13/h3-4,7,9,15H,5-6,8H2,1-2H3. The fraction of sp³-hybridized carbons (Fsp3) is 0.500. The summed E-state index contributed by atoms with van der Waals surface area (Å²) in [5.74, 6) is 0. The highest BCUT2D eigenvalue weighted by molar-refractivity contribution is 9.10. The second kappa shape index (κ2) is 7.28. The quantitative estimate of drug-likeness (QED) is 0.871. The smallest absolute Gasteiger partial charge is 0.0613 e. The first-order valence-corrected chi connectivity index (χ1v) is 6.47. The molecular formula is C12H17BrClNO. The maximum absolute atomic E-state index is 5.95. The van der Waals surface area contributed by atoms with Gasteiger partial charge < -0.3 is 10.1 Å². The number of hydrogen-bond donors (Lipinski definition) is 1. The normalized spacial score (nSPS) is 12.8. The summed E-state index contributed by atoms with van der Waals surface area (Å²) in [6, 6.07) is 6.24. The third-order valence-electron chi connectivity index (χ3n) is 2.31. The van der Waals surface area contributed by atoms with Crippen molar-refractivity contribution in [3.05, 3.63) is 33.3 Å². The summed E-state index contributed by atoms with van der Waals surface area (Å²) in [5.41, 5.74) is 1.23. The van der Waals surface area contributed by atoms with Gasteiger partial charge in [0.25, 0.3) is 0 Å². The Bertz CT molecular complexity index is 333. The fourth-order valence-electron chi connectivity index (χ4n) is 1.50. The highest BCUT2D eigenvalue weighted by atomic mass is 79.9. The number of benzene rings is 1. The largest absolute Gasteiger partial charge is 0.383 e. The van der Waals surface area contributed by atoms with Crippen LogP contribution in [-0.4, -0.2) is 26.3 Å². The first-order chi connectivity index (χ1) is 7.63. The molecule has 0 radical (unpaired) electrons. The number of hydrogen-bond acceptors (Lipinski definition) is 2. The number of ether oxygens (including phenoxy) is 1. The molecule has 4 heteroatoms. The monoisotopic (exact) mass is 305 g/mol. The SMILES string of the molecule is COCC(C)NCCc1cc(Cl)ccc1Br. The van der Waals surface area contributed by atoms with Gasteiger partial charge in [-0.3, -0.25) is 0 Å². The Hall–Kier alpha value is -0.0900. The van der Waals surface area contributed by atoms with Gasteiger partial charge in [-0.05, 0) is 43.7 Å². The third kappa shape index (κ3) is 4.83. The van der Waals surface area contributed by atoms with E-state index in [9.17, 15) is 0 Å². The van der Waals surface area contributed by atoms with Gasteiger partial charge in [0.1, 0.15) is 0 Å². The second-order valence-electron chi connectivity index (χ2n) is 3.80. The Labute approximate surface area is 110 Å². The van der Waals surface area contributed by atoms with Crippen LogP contribution >= 0.6 is 27.5 Å². The van der Waals surface area contributed by atoms with Crippen LogP contribution in [0.15, 0.2) is 22.7 Å². The van der Waals surface area contributed by atoms with Gasteiger partial charge in [-0.25, -0.2) is 0 Å². The van der Waals surface area contributed by atoms with Crippen molar-refractivity contribution in [1.82, 2.24) is 5.32 Å². The fourth-order valence-corrected chi connectivity index (χ4v) is 2.14. The molecule has 1 aromatic carbocycles. The summed E-state index contributed by atoms with van der Waals surface area (Å²) < 4.78 is 6.17. The summed E-state index contributed by atoms with van der Waals surface area (Å²) in [6.07, 6.45) is 0.954. The predicted octanol–water partition coefficient (Wildman–Crippen LogP) is 3.27. The molecule has 0 aliphatic rings. The van der Waals surface area contributed by atoms with E-state index in [0.717, 1.165) is 29.1 Å². The van der Waals surface area contributed by atoms with Crippen molar-refractivity contribution < 1.29 is 4.74 Å². The van der Waals surface area contributed by atoms with Crippen LogP contribution in [-0.2, 0) is 11.2 Å². The Morgan fingerprint density at radius 1 is 1.50 bits per heavy atom. The molecule has 16 heavy (non-hydrogen) atoms. The van der Waals surface area contributed by atoms with Crippen molar-refractivity contribution in [2.75, 3.05) is 20.3 Å². The van der Waals surface area contributed by atoms with Crippen LogP contribution < -0.4 is 5.32 Å². The molecule has 0 aromatic heterocycles. The van der Waals surface area contributed by atoms with Crippen molar-refractivity contribution in [2.45, 2.75) is 19.4 Å². The third-order valence-corrected chi connectivity index (χ3v) is 3.32. The highest BCUT2D eigenvalue weighted by Crippen LogP contribution is 2.21. The van der Waals surface area contributed by atoms with E-state index in [2.05, 4.69) is 28.2 Å². The molecule has 2 nitrogen and oxygen atoms in total. The maximum Gasteiger partial charge on any atom is 0.0613 e. The molecule has 0 aliphatic heterocycles. The number of halogens is 2. The van der Waals surface area contributed by atoms with Gasteiger partial charge in [0.05, 0.1) is 6.61 Å². The molecule has 1 N–H and O–H groups in total. The van der Waals surface area contributed by atoms with Crippen LogP contribution in [0.5, 0.6) is 0 Å². The molecule has 0 bridgehead atoms. The van der Waals surface area contributed by atoms with Crippen molar-refractivity contribution in [3.8, 4) is 0 Å². The Morgan fingerprint density at radius 3 is 2.94 bits per heavy atom. The topological polar surface area (TPSA) is 21.3 Å². The molecular weight excluding hydrogens is 289 g/mol. The van der Waals surface area contributed by atoms with E-state index < -0.39 is 0 Å². The minimum atomic E-state index is 0.378. The van der Waals surface area contributed by atoms with Gasteiger partial charge in [-0.15, -0.1) is 0 Å². The molecule has 0 aliphatic carbocycles. The molecule has 0 saturated heterocycles. The van der Waals surface area contributed by atoms with E-state index in [4.69, 9.17) is 16.3 Å². The first-order valence-electron chi connectivity index (χ1n) is 5.29. The predicted molar refractivity (Wildman–Crippen MR) is 72.2 cm³/mol. The van der Waals surface area contributed by atoms with Gasteiger partial charge in [0, 0.05) is 22.6 Å².